The van der Waals surface area contributed by atoms with E-state index >= 15 is 0 Å². The van der Waals surface area contributed by atoms with Crippen LogP contribution in [0.2, 0.25) is 5.15 Å². The molecular formula is C10H16ClN5. The summed E-state index contributed by atoms with van der Waals surface area (Å²) in [6.45, 7) is 6.01. The summed E-state index contributed by atoms with van der Waals surface area (Å²) in [6, 6.07) is 0. The molecule has 1 aromatic rings. The van der Waals surface area contributed by atoms with E-state index in [1.807, 2.05) is 6.92 Å². The molecule has 1 aliphatic rings. The SMILES string of the molecule is Cc1c(Cl)ncnc1NN1CCN(C)CC1. The zero-order valence-electron chi connectivity index (χ0n) is 9.57. The van der Waals surface area contributed by atoms with Gasteiger partial charge in [0.25, 0.3) is 0 Å². The van der Waals surface area contributed by atoms with E-state index in [0.717, 1.165) is 37.6 Å². The fourth-order valence-corrected chi connectivity index (χ4v) is 1.74. The van der Waals surface area contributed by atoms with Crippen molar-refractivity contribution in [1.82, 2.24) is 19.9 Å². The molecule has 1 fully saturated rings. The van der Waals surface area contributed by atoms with E-state index in [1.165, 1.54) is 6.33 Å². The fourth-order valence-electron chi connectivity index (χ4n) is 1.61. The number of likely N-dealkylation sites (N-methyl/N-ethyl adjacent to an activating group) is 1. The molecular weight excluding hydrogens is 226 g/mol. The maximum atomic E-state index is 5.94. The standard InChI is InChI=1S/C10H16ClN5/c1-8-9(11)12-7-13-10(8)14-16-5-3-15(2)4-6-16/h7H,3-6H2,1-2H3,(H,12,13,14). The van der Waals surface area contributed by atoms with Gasteiger partial charge in [-0.05, 0) is 14.0 Å². The smallest absolute Gasteiger partial charge is 0.148 e. The molecule has 0 atom stereocenters. The molecule has 1 saturated heterocycles. The van der Waals surface area contributed by atoms with Crippen LogP contribution in [0.4, 0.5) is 5.82 Å². The summed E-state index contributed by atoms with van der Waals surface area (Å²) in [5.41, 5.74) is 4.17. The minimum Gasteiger partial charge on any atom is -0.304 e. The Kier molecular flexibility index (Phi) is 3.58. The highest BCUT2D eigenvalue weighted by atomic mass is 35.5. The molecule has 0 spiro atoms. The number of rotatable bonds is 2. The van der Waals surface area contributed by atoms with Gasteiger partial charge in [-0.15, -0.1) is 0 Å². The minimum absolute atomic E-state index is 0.506. The number of halogens is 1. The first-order chi connectivity index (χ1) is 7.66. The van der Waals surface area contributed by atoms with Crippen molar-refractivity contribution in [2.75, 3.05) is 38.7 Å². The van der Waals surface area contributed by atoms with Crippen molar-refractivity contribution in [1.29, 1.82) is 0 Å². The van der Waals surface area contributed by atoms with E-state index in [-0.39, 0.29) is 0 Å². The second kappa shape index (κ2) is 4.95. The monoisotopic (exact) mass is 241 g/mol. The molecule has 1 aliphatic heterocycles. The predicted octanol–water partition coefficient (Wildman–Crippen LogP) is 1.01. The van der Waals surface area contributed by atoms with Crippen molar-refractivity contribution in [3.05, 3.63) is 17.0 Å². The van der Waals surface area contributed by atoms with E-state index in [2.05, 4.69) is 32.4 Å². The molecule has 0 amide bonds. The van der Waals surface area contributed by atoms with Gasteiger partial charge in [-0.3, -0.25) is 0 Å². The largest absolute Gasteiger partial charge is 0.304 e. The maximum absolute atomic E-state index is 5.94. The second-order valence-electron chi connectivity index (χ2n) is 4.04. The maximum Gasteiger partial charge on any atom is 0.148 e. The second-order valence-corrected chi connectivity index (χ2v) is 4.40. The zero-order chi connectivity index (χ0) is 11.5. The van der Waals surface area contributed by atoms with Gasteiger partial charge in [0.05, 0.1) is 0 Å². The van der Waals surface area contributed by atoms with Crippen molar-refractivity contribution in [2.24, 2.45) is 0 Å². The third-order valence-electron chi connectivity index (χ3n) is 2.79. The molecule has 0 unspecified atom stereocenters. The first kappa shape index (κ1) is 11.6. The van der Waals surface area contributed by atoms with Gasteiger partial charge >= 0.3 is 0 Å². The van der Waals surface area contributed by atoms with Crippen molar-refractivity contribution in [2.45, 2.75) is 6.92 Å². The van der Waals surface area contributed by atoms with Gasteiger partial charge in [0, 0.05) is 31.7 Å². The van der Waals surface area contributed by atoms with E-state index in [1.54, 1.807) is 0 Å². The molecule has 5 nitrogen and oxygen atoms in total. The molecule has 0 aromatic carbocycles. The van der Waals surface area contributed by atoms with Gasteiger partial charge < -0.3 is 10.3 Å². The van der Waals surface area contributed by atoms with Crippen molar-refractivity contribution in [3.63, 3.8) is 0 Å². The van der Waals surface area contributed by atoms with E-state index in [9.17, 15) is 0 Å². The molecule has 2 heterocycles. The highest BCUT2D eigenvalue weighted by Gasteiger charge is 2.15. The predicted molar refractivity (Wildman–Crippen MR) is 64.5 cm³/mol. The number of hydrogen-bond donors (Lipinski definition) is 1. The third-order valence-corrected chi connectivity index (χ3v) is 3.17. The van der Waals surface area contributed by atoms with Crippen LogP contribution in [0.25, 0.3) is 0 Å². The van der Waals surface area contributed by atoms with Gasteiger partial charge in [0.15, 0.2) is 0 Å². The van der Waals surface area contributed by atoms with Gasteiger partial charge in [-0.2, -0.15) is 0 Å². The molecule has 0 radical (unpaired) electrons. The molecule has 2 rings (SSSR count). The highest BCUT2D eigenvalue weighted by Crippen LogP contribution is 2.18. The summed E-state index contributed by atoms with van der Waals surface area (Å²) < 4.78 is 0. The van der Waals surface area contributed by atoms with Gasteiger partial charge in [-0.1, -0.05) is 11.6 Å². The quantitative estimate of drug-likeness (QED) is 0.783. The lowest BCUT2D eigenvalue weighted by molar-refractivity contribution is 0.178. The Labute approximate surface area is 100 Å². The lowest BCUT2D eigenvalue weighted by atomic mass is 10.3. The van der Waals surface area contributed by atoms with Crippen LogP contribution in [0.3, 0.4) is 0 Å². The summed E-state index contributed by atoms with van der Waals surface area (Å²) in [5, 5.41) is 2.66. The van der Waals surface area contributed by atoms with Crippen LogP contribution < -0.4 is 5.43 Å². The Morgan fingerprint density at radius 2 is 1.94 bits per heavy atom. The first-order valence-electron chi connectivity index (χ1n) is 5.34. The number of anilines is 1. The number of hydrazine groups is 1. The van der Waals surface area contributed by atoms with Crippen LogP contribution in [0, 0.1) is 6.92 Å². The van der Waals surface area contributed by atoms with Crippen LogP contribution in [-0.4, -0.2) is 53.1 Å². The first-order valence-corrected chi connectivity index (χ1v) is 5.72. The number of aromatic nitrogens is 2. The van der Waals surface area contributed by atoms with Crippen LogP contribution in [0.15, 0.2) is 6.33 Å². The average Bonchev–Trinajstić information content (AvgIpc) is 2.28. The summed E-state index contributed by atoms with van der Waals surface area (Å²) in [5.74, 6) is 0.796. The molecule has 0 saturated carbocycles. The van der Waals surface area contributed by atoms with Gasteiger partial charge in [0.1, 0.15) is 17.3 Å². The topological polar surface area (TPSA) is 44.3 Å². The molecule has 16 heavy (non-hydrogen) atoms. The molecule has 0 aliphatic carbocycles. The van der Waals surface area contributed by atoms with Crippen molar-refractivity contribution >= 4 is 17.4 Å². The van der Waals surface area contributed by atoms with Crippen molar-refractivity contribution < 1.29 is 0 Å². The number of nitrogens with zero attached hydrogens (tertiary/aromatic N) is 4. The number of nitrogens with one attached hydrogen (secondary N) is 1. The Bertz CT molecular complexity index is 362. The summed E-state index contributed by atoms with van der Waals surface area (Å²) in [4.78, 5) is 10.4. The molecule has 1 aromatic heterocycles. The van der Waals surface area contributed by atoms with E-state index in [4.69, 9.17) is 11.6 Å². The van der Waals surface area contributed by atoms with Crippen LogP contribution >= 0.6 is 11.6 Å². The fraction of sp³-hybridized carbons (Fsp3) is 0.600. The Morgan fingerprint density at radius 1 is 1.25 bits per heavy atom. The van der Waals surface area contributed by atoms with Crippen LogP contribution in [-0.2, 0) is 0 Å². The summed E-state index contributed by atoms with van der Waals surface area (Å²) in [6.07, 6.45) is 1.48. The lowest BCUT2D eigenvalue weighted by Gasteiger charge is -2.32. The molecule has 88 valence electrons. The average molecular weight is 242 g/mol. The summed E-state index contributed by atoms with van der Waals surface area (Å²) >= 11 is 5.94. The summed E-state index contributed by atoms with van der Waals surface area (Å²) in [7, 11) is 2.13. The van der Waals surface area contributed by atoms with E-state index < -0.39 is 0 Å². The Morgan fingerprint density at radius 3 is 2.62 bits per heavy atom. The number of hydrogen-bond acceptors (Lipinski definition) is 5. The zero-order valence-corrected chi connectivity index (χ0v) is 10.3. The minimum atomic E-state index is 0.506. The molecule has 1 N–H and O–H groups in total. The van der Waals surface area contributed by atoms with Crippen molar-refractivity contribution in [3.8, 4) is 0 Å². The van der Waals surface area contributed by atoms with E-state index in [0.29, 0.717) is 5.15 Å². The highest BCUT2D eigenvalue weighted by molar-refractivity contribution is 6.30. The Hall–Kier alpha value is -0.910. The Balaban J connectivity index is 2.01. The lowest BCUT2D eigenvalue weighted by Crippen LogP contribution is -2.47. The number of piperazine rings is 1. The normalized spacial score (nSPS) is 18.7. The van der Waals surface area contributed by atoms with Crippen LogP contribution in [0.5, 0.6) is 0 Å². The molecule has 0 bridgehead atoms. The van der Waals surface area contributed by atoms with Gasteiger partial charge in [-0.25, -0.2) is 15.0 Å². The molecule has 6 heteroatoms. The van der Waals surface area contributed by atoms with Gasteiger partial charge in [0.2, 0.25) is 0 Å². The van der Waals surface area contributed by atoms with Crippen LogP contribution in [0.1, 0.15) is 5.56 Å². The third kappa shape index (κ3) is 2.61.